The van der Waals surface area contributed by atoms with Crippen LogP contribution in [0, 0.1) is 5.92 Å². The van der Waals surface area contributed by atoms with Crippen molar-refractivity contribution in [3.05, 3.63) is 29.8 Å². The molecule has 0 radical (unpaired) electrons. The fourth-order valence-corrected chi connectivity index (χ4v) is 2.99. The summed E-state index contributed by atoms with van der Waals surface area (Å²) >= 11 is 0. The van der Waals surface area contributed by atoms with Gasteiger partial charge in [-0.15, -0.1) is 0 Å². The van der Waals surface area contributed by atoms with Gasteiger partial charge in [-0.2, -0.15) is 0 Å². The highest BCUT2D eigenvalue weighted by molar-refractivity contribution is 6.62. The molecule has 0 N–H and O–H groups in total. The minimum Gasteiger partial charge on any atom is -0.466 e. The van der Waals surface area contributed by atoms with Crippen LogP contribution in [0.2, 0.25) is 0 Å². The zero-order valence-electron chi connectivity index (χ0n) is 14.6. The van der Waals surface area contributed by atoms with Gasteiger partial charge in [0.2, 0.25) is 0 Å². The van der Waals surface area contributed by atoms with Crippen molar-refractivity contribution >= 4 is 18.6 Å². The van der Waals surface area contributed by atoms with Gasteiger partial charge in [-0.05, 0) is 58.0 Å². The maximum atomic E-state index is 11.8. The Morgan fingerprint density at radius 2 is 1.91 bits per heavy atom. The van der Waals surface area contributed by atoms with E-state index in [1.54, 1.807) is 0 Å². The highest BCUT2D eigenvalue weighted by Crippen LogP contribution is 2.48. The third kappa shape index (κ3) is 3.04. The Balaban J connectivity index is 1.74. The van der Waals surface area contributed by atoms with Gasteiger partial charge in [-0.3, -0.25) is 4.79 Å². The van der Waals surface area contributed by atoms with E-state index in [-0.39, 0.29) is 36.1 Å². The Hall–Kier alpha value is -1.33. The number of hydrogen-bond acceptors (Lipinski definition) is 4. The number of benzene rings is 1. The summed E-state index contributed by atoms with van der Waals surface area (Å²) in [7, 11) is -0.361. The van der Waals surface area contributed by atoms with Crippen molar-refractivity contribution in [1.29, 1.82) is 0 Å². The Bertz CT molecular complexity index is 595. The second-order valence-corrected chi connectivity index (χ2v) is 7.46. The molecule has 1 aromatic rings. The first-order valence-corrected chi connectivity index (χ1v) is 8.37. The third-order valence-corrected chi connectivity index (χ3v) is 5.24. The minimum atomic E-state index is -0.361. The molecule has 0 spiro atoms. The molecule has 1 saturated carbocycles. The lowest BCUT2D eigenvalue weighted by atomic mass is 9.78. The number of ether oxygens (including phenoxy) is 1. The molecule has 1 heterocycles. The predicted octanol–water partition coefficient (Wildman–Crippen LogP) is 2.65. The number of carbonyl (C=O) groups is 1. The maximum Gasteiger partial charge on any atom is 0.494 e. The lowest BCUT2D eigenvalue weighted by molar-refractivity contribution is -0.144. The standard InChI is InChI=1S/C18H25BO4/c1-6-21-16(20)15-11-14(15)12-8-7-9-13(10-12)19-22-17(2,3)18(4,5)23-19/h7-10,14-15H,6,11H2,1-5H3/t14-,15+/m0/s1. The Kier molecular flexibility index (Phi) is 4.05. The van der Waals surface area contributed by atoms with Crippen molar-refractivity contribution in [2.45, 2.75) is 58.2 Å². The van der Waals surface area contributed by atoms with E-state index < -0.39 is 0 Å². The molecule has 5 heteroatoms. The van der Waals surface area contributed by atoms with E-state index in [1.807, 2.05) is 19.1 Å². The lowest BCUT2D eigenvalue weighted by Crippen LogP contribution is -2.41. The van der Waals surface area contributed by atoms with Crippen LogP contribution in [-0.4, -0.2) is 30.9 Å². The zero-order valence-corrected chi connectivity index (χ0v) is 14.6. The smallest absolute Gasteiger partial charge is 0.466 e. The summed E-state index contributed by atoms with van der Waals surface area (Å²) < 4.78 is 17.3. The van der Waals surface area contributed by atoms with Gasteiger partial charge in [0.15, 0.2) is 0 Å². The molecular formula is C18H25BO4. The van der Waals surface area contributed by atoms with Crippen LogP contribution in [0.4, 0.5) is 0 Å². The Morgan fingerprint density at radius 1 is 1.26 bits per heavy atom. The van der Waals surface area contributed by atoms with E-state index in [1.165, 1.54) is 0 Å². The fourth-order valence-electron chi connectivity index (χ4n) is 2.99. The number of hydrogen-bond donors (Lipinski definition) is 0. The third-order valence-electron chi connectivity index (χ3n) is 5.24. The molecule has 1 aliphatic heterocycles. The van der Waals surface area contributed by atoms with Crippen molar-refractivity contribution < 1.29 is 18.8 Å². The minimum absolute atomic E-state index is 0.00324. The number of esters is 1. The highest BCUT2D eigenvalue weighted by Gasteiger charge is 2.52. The van der Waals surface area contributed by atoms with Crippen LogP contribution in [0.5, 0.6) is 0 Å². The monoisotopic (exact) mass is 316 g/mol. The maximum absolute atomic E-state index is 11.8. The summed E-state index contributed by atoms with van der Waals surface area (Å²) in [6, 6.07) is 8.20. The van der Waals surface area contributed by atoms with Crippen LogP contribution >= 0.6 is 0 Å². The molecular weight excluding hydrogens is 291 g/mol. The van der Waals surface area contributed by atoms with E-state index in [0.29, 0.717) is 6.61 Å². The molecule has 1 aromatic carbocycles. The van der Waals surface area contributed by atoms with Gasteiger partial charge in [0.1, 0.15) is 0 Å². The molecule has 0 unspecified atom stereocenters. The van der Waals surface area contributed by atoms with E-state index >= 15 is 0 Å². The first-order chi connectivity index (χ1) is 10.7. The predicted molar refractivity (Wildman–Crippen MR) is 89.6 cm³/mol. The molecule has 1 saturated heterocycles. The Morgan fingerprint density at radius 3 is 2.52 bits per heavy atom. The van der Waals surface area contributed by atoms with E-state index in [0.717, 1.165) is 17.4 Å². The molecule has 0 bridgehead atoms. The van der Waals surface area contributed by atoms with E-state index in [9.17, 15) is 4.79 Å². The summed E-state index contributed by atoms with van der Waals surface area (Å²) in [6.07, 6.45) is 0.867. The number of rotatable bonds is 4. The fraction of sp³-hybridized carbons (Fsp3) is 0.611. The molecule has 2 atom stereocenters. The molecule has 124 valence electrons. The quantitative estimate of drug-likeness (QED) is 0.633. The largest absolute Gasteiger partial charge is 0.494 e. The van der Waals surface area contributed by atoms with Crippen LogP contribution in [0.25, 0.3) is 0 Å². The van der Waals surface area contributed by atoms with Gasteiger partial charge in [0, 0.05) is 0 Å². The van der Waals surface area contributed by atoms with Gasteiger partial charge in [0.25, 0.3) is 0 Å². The van der Waals surface area contributed by atoms with Crippen molar-refractivity contribution in [3.63, 3.8) is 0 Å². The lowest BCUT2D eigenvalue weighted by Gasteiger charge is -2.32. The van der Waals surface area contributed by atoms with Crippen LogP contribution < -0.4 is 5.46 Å². The molecule has 0 aromatic heterocycles. The van der Waals surface area contributed by atoms with Gasteiger partial charge < -0.3 is 14.0 Å². The van der Waals surface area contributed by atoms with Gasteiger partial charge in [-0.1, -0.05) is 24.3 Å². The topological polar surface area (TPSA) is 44.8 Å². The van der Waals surface area contributed by atoms with Gasteiger partial charge in [-0.25, -0.2) is 0 Å². The molecule has 2 aliphatic rings. The molecule has 4 nitrogen and oxygen atoms in total. The normalized spacial score (nSPS) is 27.8. The van der Waals surface area contributed by atoms with Crippen LogP contribution in [0.3, 0.4) is 0 Å². The Labute approximate surface area is 138 Å². The molecule has 0 amide bonds. The first kappa shape index (κ1) is 16.5. The average Bonchev–Trinajstić information content (AvgIpc) is 3.23. The number of carbonyl (C=O) groups excluding carboxylic acids is 1. The molecule has 23 heavy (non-hydrogen) atoms. The zero-order chi connectivity index (χ0) is 16.8. The van der Waals surface area contributed by atoms with Crippen LogP contribution in [-0.2, 0) is 18.8 Å². The van der Waals surface area contributed by atoms with Crippen LogP contribution in [0.15, 0.2) is 24.3 Å². The second kappa shape index (κ2) is 5.64. The molecule has 1 aliphatic carbocycles. The van der Waals surface area contributed by atoms with Crippen molar-refractivity contribution in [3.8, 4) is 0 Å². The summed E-state index contributed by atoms with van der Waals surface area (Å²) in [5.41, 5.74) is 1.48. The summed E-state index contributed by atoms with van der Waals surface area (Å²) in [4.78, 5) is 11.8. The van der Waals surface area contributed by atoms with Crippen molar-refractivity contribution in [1.82, 2.24) is 0 Å². The average molecular weight is 316 g/mol. The molecule has 3 rings (SSSR count). The first-order valence-electron chi connectivity index (χ1n) is 8.37. The second-order valence-electron chi connectivity index (χ2n) is 7.46. The SMILES string of the molecule is CCOC(=O)[C@@H]1C[C@H]1c1cccc(B2OC(C)(C)C(C)(C)O2)c1. The highest BCUT2D eigenvalue weighted by atomic mass is 16.7. The van der Waals surface area contributed by atoms with Crippen LogP contribution in [0.1, 0.15) is 52.5 Å². The van der Waals surface area contributed by atoms with Gasteiger partial charge >= 0.3 is 13.1 Å². The van der Waals surface area contributed by atoms with E-state index in [2.05, 4.69) is 39.8 Å². The summed E-state index contributed by atoms with van der Waals surface area (Å²) in [5, 5.41) is 0. The van der Waals surface area contributed by atoms with Gasteiger partial charge in [0.05, 0.1) is 23.7 Å². The summed E-state index contributed by atoms with van der Waals surface area (Å²) in [5.74, 6) is 0.179. The summed E-state index contributed by atoms with van der Waals surface area (Å²) in [6.45, 7) is 10.5. The van der Waals surface area contributed by atoms with Crippen molar-refractivity contribution in [2.75, 3.05) is 6.61 Å². The van der Waals surface area contributed by atoms with E-state index in [4.69, 9.17) is 14.0 Å². The molecule has 2 fully saturated rings. The van der Waals surface area contributed by atoms with Crippen molar-refractivity contribution in [2.24, 2.45) is 5.92 Å².